The van der Waals surface area contributed by atoms with Gasteiger partial charge in [0, 0.05) is 32.1 Å². The van der Waals surface area contributed by atoms with Gasteiger partial charge in [-0.25, -0.2) is 9.97 Å². The van der Waals surface area contributed by atoms with Gasteiger partial charge in [0.2, 0.25) is 0 Å². The summed E-state index contributed by atoms with van der Waals surface area (Å²) in [6.07, 6.45) is 0.992. The van der Waals surface area contributed by atoms with Crippen LogP contribution in [0.4, 0.5) is 5.82 Å². The number of aromatic nitrogens is 2. The van der Waals surface area contributed by atoms with Crippen molar-refractivity contribution in [3.63, 3.8) is 0 Å². The van der Waals surface area contributed by atoms with Gasteiger partial charge in [0.05, 0.1) is 0 Å². The lowest BCUT2D eigenvalue weighted by Gasteiger charge is -2.05. The molecule has 6 heteroatoms. The van der Waals surface area contributed by atoms with Crippen LogP contribution in [0.25, 0.3) is 0 Å². The Morgan fingerprint density at radius 2 is 2.24 bits per heavy atom. The molecule has 0 aromatic carbocycles. The molecule has 0 fully saturated rings. The Kier molecular flexibility index (Phi) is 6.91. The second kappa shape index (κ2) is 8.27. The van der Waals surface area contributed by atoms with Gasteiger partial charge in [0.1, 0.15) is 17.5 Å². The number of nitrogen functional groups attached to an aromatic ring is 1. The van der Waals surface area contributed by atoms with E-state index in [0.717, 1.165) is 23.8 Å². The van der Waals surface area contributed by atoms with E-state index in [4.69, 9.17) is 15.2 Å². The van der Waals surface area contributed by atoms with E-state index in [2.05, 4.69) is 9.97 Å². The quantitative estimate of drug-likeness (QED) is 0.434. The van der Waals surface area contributed by atoms with Gasteiger partial charge in [0.25, 0.3) is 0 Å². The lowest BCUT2D eigenvalue weighted by atomic mass is 10.5. The molecule has 17 heavy (non-hydrogen) atoms. The summed E-state index contributed by atoms with van der Waals surface area (Å²) < 4.78 is 10.3. The van der Waals surface area contributed by atoms with Gasteiger partial charge < -0.3 is 15.2 Å². The third-order valence-corrected chi connectivity index (χ3v) is 2.94. The Morgan fingerprint density at radius 1 is 1.41 bits per heavy atom. The Labute approximate surface area is 106 Å². The zero-order chi connectivity index (χ0) is 12.5. The van der Waals surface area contributed by atoms with Crippen molar-refractivity contribution in [2.45, 2.75) is 25.0 Å². The number of ether oxygens (including phenoxy) is 2. The lowest BCUT2D eigenvalue weighted by molar-refractivity contribution is 0.128. The molecule has 1 aromatic rings. The fourth-order valence-corrected chi connectivity index (χ4v) is 2.05. The maximum atomic E-state index is 5.72. The highest BCUT2D eigenvalue weighted by Crippen LogP contribution is 2.18. The van der Waals surface area contributed by atoms with Crippen LogP contribution in [-0.4, -0.2) is 36.0 Å². The minimum absolute atomic E-state index is 0.410. The maximum Gasteiger partial charge on any atom is 0.157 e. The molecule has 1 aromatic heterocycles. The van der Waals surface area contributed by atoms with Gasteiger partial charge in [-0.2, -0.15) is 0 Å². The van der Waals surface area contributed by atoms with Gasteiger partial charge >= 0.3 is 0 Å². The molecule has 0 radical (unpaired) electrons. The third-order valence-electron chi connectivity index (χ3n) is 1.95. The molecule has 0 aliphatic heterocycles. The Bertz CT molecular complexity index is 336. The Morgan fingerprint density at radius 3 is 2.94 bits per heavy atom. The number of hydrogen-bond acceptors (Lipinski definition) is 6. The summed E-state index contributed by atoms with van der Waals surface area (Å²) in [7, 11) is 1.70. The highest BCUT2D eigenvalue weighted by molar-refractivity contribution is 7.99. The second-order valence-electron chi connectivity index (χ2n) is 3.38. The first-order valence-corrected chi connectivity index (χ1v) is 6.57. The van der Waals surface area contributed by atoms with Crippen LogP contribution >= 0.6 is 11.8 Å². The average molecular weight is 257 g/mol. The monoisotopic (exact) mass is 257 g/mol. The van der Waals surface area contributed by atoms with E-state index in [1.165, 1.54) is 0 Å². The van der Waals surface area contributed by atoms with Crippen LogP contribution in [0.1, 0.15) is 19.2 Å². The lowest BCUT2D eigenvalue weighted by Crippen LogP contribution is -2.03. The summed E-state index contributed by atoms with van der Waals surface area (Å²) in [5.74, 6) is 2.09. The predicted molar refractivity (Wildman–Crippen MR) is 69.0 cm³/mol. The molecule has 2 N–H and O–H groups in total. The molecule has 5 nitrogen and oxygen atoms in total. The van der Waals surface area contributed by atoms with E-state index in [9.17, 15) is 0 Å². The minimum atomic E-state index is 0.410. The van der Waals surface area contributed by atoms with E-state index in [1.54, 1.807) is 24.9 Å². The van der Waals surface area contributed by atoms with Gasteiger partial charge in [-0.3, -0.25) is 0 Å². The van der Waals surface area contributed by atoms with E-state index in [1.807, 2.05) is 6.92 Å². The smallest absolute Gasteiger partial charge is 0.157 e. The number of nitrogens with zero attached hydrogens (tertiary/aromatic N) is 2. The first-order valence-electron chi connectivity index (χ1n) is 5.59. The van der Waals surface area contributed by atoms with Crippen molar-refractivity contribution < 1.29 is 9.47 Å². The van der Waals surface area contributed by atoms with Gasteiger partial charge in [-0.15, -0.1) is 11.8 Å². The van der Waals surface area contributed by atoms with E-state index in [0.29, 0.717) is 24.9 Å². The topological polar surface area (TPSA) is 70.3 Å². The van der Waals surface area contributed by atoms with Crippen molar-refractivity contribution in [2.24, 2.45) is 0 Å². The molecule has 0 aliphatic rings. The van der Waals surface area contributed by atoms with Crippen LogP contribution in [0.15, 0.2) is 11.1 Å². The van der Waals surface area contributed by atoms with Crippen LogP contribution in [0, 0.1) is 0 Å². The maximum absolute atomic E-state index is 5.72. The number of rotatable bonds is 8. The largest absolute Gasteiger partial charge is 0.385 e. The zero-order valence-corrected chi connectivity index (χ0v) is 11.1. The Hall–Kier alpha value is -0.850. The molecule has 0 aliphatic carbocycles. The average Bonchev–Trinajstić information content (AvgIpc) is 2.31. The third kappa shape index (κ3) is 5.86. The molecule has 0 spiro atoms. The zero-order valence-electron chi connectivity index (χ0n) is 10.3. The number of anilines is 1. The molecule has 0 saturated heterocycles. The fourth-order valence-electron chi connectivity index (χ4n) is 1.20. The molecule has 0 bridgehead atoms. The summed E-state index contributed by atoms with van der Waals surface area (Å²) in [4.78, 5) is 8.49. The van der Waals surface area contributed by atoms with Gasteiger partial charge in [-0.05, 0) is 13.3 Å². The van der Waals surface area contributed by atoms with Crippen LogP contribution in [0.2, 0.25) is 0 Å². The SMILES string of the molecule is CCOCc1nc(N)cc(SCCCOC)n1. The van der Waals surface area contributed by atoms with Crippen molar-refractivity contribution in [1.82, 2.24) is 9.97 Å². The molecule has 96 valence electrons. The number of methoxy groups -OCH3 is 1. The van der Waals surface area contributed by atoms with Crippen molar-refractivity contribution in [1.29, 1.82) is 0 Å². The summed E-state index contributed by atoms with van der Waals surface area (Å²) in [6.45, 7) is 3.76. The van der Waals surface area contributed by atoms with Crippen molar-refractivity contribution in [3.05, 3.63) is 11.9 Å². The molecule has 0 saturated carbocycles. The van der Waals surface area contributed by atoms with E-state index in [-0.39, 0.29) is 0 Å². The second-order valence-corrected chi connectivity index (χ2v) is 4.49. The fraction of sp³-hybridized carbons (Fsp3) is 0.636. The molecule has 1 heterocycles. The predicted octanol–water partition coefficient (Wildman–Crippen LogP) is 1.72. The first kappa shape index (κ1) is 14.2. The summed E-state index contributed by atoms with van der Waals surface area (Å²) in [5, 5.41) is 0.892. The molecule has 0 amide bonds. The Balaban J connectivity index is 2.50. The molecule has 1 rings (SSSR count). The molecule has 0 unspecified atom stereocenters. The van der Waals surface area contributed by atoms with Crippen LogP contribution < -0.4 is 5.73 Å². The van der Waals surface area contributed by atoms with Gasteiger partial charge in [0.15, 0.2) is 5.82 Å². The summed E-state index contributed by atoms with van der Waals surface area (Å²) >= 11 is 1.66. The highest BCUT2D eigenvalue weighted by atomic mass is 32.2. The summed E-state index contributed by atoms with van der Waals surface area (Å²) in [5.41, 5.74) is 5.72. The standard InChI is InChI=1S/C11H19N3O2S/c1-3-16-8-10-13-9(12)7-11(14-10)17-6-4-5-15-2/h7H,3-6,8H2,1-2H3,(H2,12,13,14). The first-order chi connectivity index (χ1) is 8.26. The van der Waals surface area contributed by atoms with Gasteiger partial charge in [-0.1, -0.05) is 0 Å². The van der Waals surface area contributed by atoms with Crippen LogP contribution in [-0.2, 0) is 16.1 Å². The minimum Gasteiger partial charge on any atom is -0.385 e. The highest BCUT2D eigenvalue weighted by Gasteiger charge is 2.03. The number of hydrogen-bond donors (Lipinski definition) is 1. The van der Waals surface area contributed by atoms with Crippen molar-refractivity contribution in [3.8, 4) is 0 Å². The van der Waals surface area contributed by atoms with E-state index < -0.39 is 0 Å². The molecular weight excluding hydrogens is 238 g/mol. The van der Waals surface area contributed by atoms with Crippen LogP contribution in [0.5, 0.6) is 0 Å². The number of thioether (sulfide) groups is 1. The normalized spacial score (nSPS) is 10.7. The van der Waals surface area contributed by atoms with Crippen LogP contribution in [0.3, 0.4) is 0 Å². The van der Waals surface area contributed by atoms with Crippen molar-refractivity contribution in [2.75, 3.05) is 31.8 Å². The van der Waals surface area contributed by atoms with Crippen molar-refractivity contribution >= 4 is 17.6 Å². The molecular formula is C11H19N3O2S. The molecule has 0 atom stereocenters. The number of nitrogens with two attached hydrogens (primary N) is 1. The summed E-state index contributed by atoms with van der Waals surface area (Å²) in [6, 6.07) is 1.78. The van der Waals surface area contributed by atoms with E-state index >= 15 is 0 Å².